The van der Waals surface area contributed by atoms with Gasteiger partial charge in [0.1, 0.15) is 0 Å². The number of hydrogen-bond acceptors (Lipinski definition) is 3. The summed E-state index contributed by atoms with van der Waals surface area (Å²) >= 11 is 0. The van der Waals surface area contributed by atoms with Gasteiger partial charge in [0.05, 0.1) is 6.54 Å². The van der Waals surface area contributed by atoms with E-state index in [0.717, 1.165) is 51.2 Å². The van der Waals surface area contributed by atoms with Crippen molar-refractivity contribution in [1.82, 2.24) is 15.5 Å². The maximum Gasteiger partial charge on any atom is 0.236 e. The summed E-state index contributed by atoms with van der Waals surface area (Å²) in [7, 11) is 0. The van der Waals surface area contributed by atoms with Crippen molar-refractivity contribution in [2.75, 3.05) is 26.2 Å². The summed E-state index contributed by atoms with van der Waals surface area (Å²) in [6.07, 6.45) is 6.52. The molecule has 3 aliphatic rings. The molecule has 0 aromatic heterocycles. The molecule has 1 saturated heterocycles. The van der Waals surface area contributed by atoms with Gasteiger partial charge in [0.2, 0.25) is 11.8 Å². The molecule has 2 aliphatic carbocycles. The van der Waals surface area contributed by atoms with Gasteiger partial charge in [0.15, 0.2) is 0 Å². The minimum absolute atomic E-state index is 0. The van der Waals surface area contributed by atoms with Gasteiger partial charge < -0.3 is 15.5 Å². The SMILES string of the molecule is Cl.O=C(NC1CCN(C(=O)CNCC2CC2)CC1)C1CC1. The van der Waals surface area contributed by atoms with Crippen LogP contribution in [0.2, 0.25) is 0 Å². The molecule has 0 bridgehead atoms. The highest BCUT2D eigenvalue weighted by Crippen LogP contribution is 2.29. The summed E-state index contributed by atoms with van der Waals surface area (Å²) in [5.41, 5.74) is 0. The van der Waals surface area contributed by atoms with Gasteiger partial charge in [-0.25, -0.2) is 0 Å². The first-order chi connectivity index (χ1) is 9.72. The Morgan fingerprint density at radius 1 is 1.00 bits per heavy atom. The molecule has 21 heavy (non-hydrogen) atoms. The van der Waals surface area contributed by atoms with Crippen LogP contribution in [0.3, 0.4) is 0 Å². The van der Waals surface area contributed by atoms with E-state index in [9.17, 15) is 9.59 Å². The zero-order valence-electron chi connectivity index (χ0n) is 12.5. The summed E-state index contributed by atoms with van der Waals surface area (Å²) in [4.78, 5) is 25.7. The highest BCUT2D eigenvalue weighted by molar-refractivity contribution is 5.85. The number of nitrogens with one attached hydrogen (secondary N) is 2. The fourth-order valence-corrected chi connectivity index (χ4v) is 2.75. The van der Waals surface area contributed by atoms with Crippen molar-refractivity contribution in [3.05, 3.63) is 0 Å². The quantitative estimate of drug-likeness (QED) is 0.766. The molecule has 0 unspecified atom stereocenters. The third-order valence-electron chi connectivity index (χ3n) is 4.55. The molecule has 0 atom stereocenters. The van der Waals surface area contributed by atoms with Gasteiger partial charge in [-0.05, 0) is 51.0 Å². The normalized spacial score (nSPS) is 22.6. The maximum absolute atomic E-state index is 12.0. The van der Waals surface area contributed by atoms with Crippen molar-refractivity contribution in [2.45, 2.75) is 44.6 Å². The fourth-order valence-electron chi connectivity index (χ4n) is 2.75. The van der Waals surface area contributed by atoms with Gasteiger partial charge in [0.25, 0.3) is 0 Å². The van der Waals surface area contributed by atoms with Crippen LogP contribution in [-0.2, 0) is 9.59 Å². The minimum Gasteiger partial charge on any atom is -0.353 e. The van der Waals surface area contributed by atoms with Crippen LogP contribution in [0.1, 0.15) is 38.5 Å². The molecule has 2 N–H and O–H groups in total. The average Bonchev–Trinajstić information content (AvgIpc) is 3.31. The number of carbonyl (C=O) groups is 2. The van der Waals surface area contributed by atoms with E-state index >= 15 is 0 Å². The van der Waals surface area contributed by atoms with E-state index in [4.69, 9.17) is 0 Å². The number of likely N-dealkylation sites (tertiary alicyclic amines) is 1. The lowest BCUT2D eigenvalue weighted by atomic mass is 10.0. The van der Waals surface area contributed by atoms with Crippen molar-refractivity contribution in [3.8, 4) is 0 Å². The maximum atomic E-state index is 12.0. The number of halogens is 1. The van der Waals surface area contributed by atoms with Crippen LogP contribution in [0.15, 0.2) is 0 Å². The molecule has 3 rings (SSSR count). The van der Waals surface area contributed by atoms with Crippen molar-refractivity contribution >= 4 is 24.2 Å². The van der Waals surface area contributed by atoms with Gasteiger partial charge >= 0.3 is 0 Å². The van der Waals surface area contributed by atoms with E-state index in [1.54, 1.807) is 0 Å². The summed E-state index contributed by atoms with van der Waals surface area (Å²) in [6, 6.07) is 0.270. The molecule has 6 heteroatoms. The van der Waals surface area contributed by atoms with Crippen molar-refractivity contribution in [2.24, 2.45) is 11.8 Å². The molecule has 0 spiro atoms. The molecule has 0 radical (unpaired) electrons. The standard InChI is InChI=1S/C15H25N3O2.ClH/c19-14(10-16-9-11-1-2-11)18-7-5-13(6-8-18)17-15(20)12-3-4-12;/h11-13,16H,1-10H2,(H,17,20);1H. The second-order valence-corrected chi connectivity index (χ2v) is 6.51. The number of piperidine rings is 1. The van der Waals surface area contributed by atoms with Crippen LogP contribution in [-0.4, -0.2) is 48.9 Å². The van der Waals surface area contributed by atoms with E-state index in [1.165, 1.54) is 12.8 Å². The van der Waals surface area contributed by atoms with Gasteiger partial charge in [-0.2, -0.15) is 0 Å². The molecular formula is C15H26ClN3O2. The number of carbonyl (C=O) groups excluding carboxylic acids is 2. The monoisotopic (exact) mass is 315 g/mol. The largest absolute Gasteiger partial charge is 0.353 e. The van der Waals surface area contributed by atoms with E-state index in [-0.39, 0.29) is 36.2 Å². The molecule has 2 amide bonds. The lowest BCUT2D eigenvalue weighted by molar-refractivity contribution is -0.131. The second-order valence-electron chi connectivity index (χ2n) is 6.51. The van der Waals surface area contributed by atoms with Gasteiger partial charge in [0, 0.05) is 25.0 Å². The zero-order chi connectivity index (χ0) is 13.9. The number of nitrogens with zero attached hydrogens (tertiary/aromatic N) is 1. The topological polar surface area (TPSA) is 61.4 Å². The van der Waals surface area contributed by atoms with E-state index in [1.807, 2.05) is 4.90 Å². The van der Waals surface area contributed by atoms with E-state index in [0.29, 0.717) is 6.54 Å². The van der Waals surface area contributed by atoms with E-state index < -0.39 is 0 Å². The first-order valence-electron chi connectivity index (χ1n) is 8.01. The molecule has 3 fully saturated rings. The predicted molar refractivity (Wildman–Crippen MR) is 83.3 cm³/mol. The number of amides is 2. The van der Waals surface area contributed by atoms with Crippen molar-refractivity contribution in [3.63, 3.8) is 0 Å². The van der Waals surface area contributed by atoms with Crippen LogP contribution in [0.5, 0.6) is 0 Å². The Kier molecular flexibility index (Phi) is 5.88. The minimum atomic E-state index is 0. The van der Waals surface area contributed by atoms with Crippen LogP contribution in [0.25, 0.3) is 0 Å². The smallest absolute Gasteiger partial charge is 0.236 e. The molecule has 0 aromatic rings. The fraction of sp³-hybridized carbons (Fsp3) is 0.867. The summed E-state index contributed by atoms with van der Waals surface area (Å²) in [6.45, 7) is 3.01. The molecule has 120 valence electrons. The third-order valence-corrected chi connectivity index (χ3v) is 4.55. The highest BCUT2D eigenvalue weighted by atomic mass is 35.5. The highest BCUT2D eigenvalue weighted by Gasteiger charge is 2.32. The summed E-state index contributed by atoms with van der Waals surface area (Å²) in [5, 5.41) is 6.36. The Hall–Kier alpha value is -0.810. The Morgan fingerprint density at radius 3 is 2.24 bits per heavy atom. The molecule has 1 aliphatic heterocycles. The zero-order valence-corrected chi connectivity index (χ0v) is 13.3. The third kappa shape index (κ3) is 5.15. The second kappa shape index (κ2) is 7.45. The van der Waals surface area contributed by atoms with Gasteiger partial charge in [-0.3, -0.25) is 9.59 Å². The van der Waals surface area contributed by atoms with Crippen LogP contribution in [0.4, 0.5) is 0 Å². The molecule has 2 saturated carbocycles. The van der Waals surface area contributed by atoms with Gasteiger partial charge in [-0.1, -0.05) is 0 Å². The van der Waals surface area contributed by atoms with E-state index in [2.05, 4.69) is 10.6 Å². The molecule has 0 aromatic carbocycles. The van der Waals surface area contributed by atoms with Gasteiger partial charge in [-0.15, -0.1) is 12.4 Å². The van der Waals surface area contributed by atoms with Crippen LogP contribution < -0.4 is 10.6 Å². The number of rotatable bonds is 6. The molecular weight excluding hydrogens is 290 g/mol. The Morgan fingerprint density at radius 2 is 1.67 bits per heavy atom. The van der Waals surface area contributed by atoms with Crippen molar-refractivity contribution in [1.29, 1.82) is 0 Å². The molecule has 5 nitrogen and oxygen atoms in total. The molecule has 1 heterocycles. The first kappa shape index (κ1) is 16.6. The van der Waals surface area contributed by atoms with Crippen LogP contribution in [0, 0.1) is 11.8 Å². The predicted octanol–water partition coefficient (Wildman–Crippen LogP) is 0.925. The lowest BCUT2D eigenvalue weighted by Gasteiger charge is -2.32. The summed E-state index contributed by atoms with van der Waals surface area (Å²) < 4.78 is 0. The first-order valence-corrected chi connectivity index (χ1v) is 8.01. The van der Waals surface area contributed by atoms with Crippen molar-refractivity contribution < 1.29 is 9.59 Å². The average molecular weight is 316 g/mol. The Labute approximate surface area is 132 Å². The number of hydrogen-bond donors (Lipinski definition) is 2. The van der Waals surface area contributed by atoms with Crippen LogP contribution >= 0.6 is 12.4 Å². The Bertz CT molecular complexity index is 375. The Balaban J connectivity index is 0.00000161. The lowest BCUT2D eigenvalue weighted by Crippen LogP contribution is -2.48. The summed E-state index contributed by atoms with van der Waals surface area (Å²) in [5.74, 6) is 1.52.